The van der Waals surface area contributed by atoms with Crippen molar-refractivity contribution in [3.63, 3.8) is 0 Å². The number of aryl methyl sites for hydroxylation is 1. The second-order valence-corrected chi connectivity index (χ2v) is 19.0. The van der Waals surface area contributed by atoms with Crippen LogP contribution >= 0.6 is 11.6 Å². The Balaban J connectivity index is 1.45. The summed E-state index contributed by atoms with van der Waals surface area (Å²) in [6.45, 7) is 15.4. The lowest BCUT2D eigenvalue weighted by atomic mass is 9.84. The Bertz CT molecular complexity index is 1880. The largest absolute Gasteiger partial charge is 0.460 e. The summed E-state index contributed by atoms with van der Waals surface area (Å²) >= 11 is 6.44. The van der Waals surface area contributed by atoms with Crippen molar-refractivity contribution in [2.75, 3.05) is 18.7 Å². The summed E-state index contributed by atoms with van der Waals surface area (Å²) < 4.78 is 18.0. The maximum absolute atomic E-state index is 14.0. The maximum atomic E-state index is 14.0. The number of carbonyl (C=O) groups excluding carboxylic acids is 5. The van der Waals surface area contributed by atoms with Gasteiger partial charge in [-0.05, 0) is 119 Å². The molecule has 0 spiro atoms. The fourth-order valence-electron chi connectivity index (χ4n) is 9.10. The van der Waals surface area contributed by atoms with Crippen molar-refractivity contribution in [2.24, 2.45) is 23.7 Å². The fourth-order valence-corrected chi connectivity index (χ4v) is 9.22. The number of benzene rings is 1. The Morgan fingerprint density at radius 2 is 1.68 bits per heavy atom. The van der Waals surface area contributed by atoms with Gasteiger partial charge in [0.25, 0.3) is 5.91 Å². The Morgan fingerprint density at radius 3 is 2.37 bits per heavy atom. The molecule has 0 aromatic heterocycles. The van der Waals surface area contributed by atoms with Gasteiger partial charge in [-0.3, -0.25) is 24.0 Å². The van der Waals surface area contributed by atoms with Crippen LogP contribution in [0, 0.1) is 30.6 Å². The molecule has 5 heterocycles. The number of hydroxylamine groups is 1. The lowest BCUT2D eigenvalue weighted by Gasteiger charge is -2.40. The van der Waals surface area contributed by atoms with E-state index in [2.05, 4.69) is 19.1 Å². The quantitative estimate of drug-likeness (QED) is 0.179. The molecule has 342 valence electrons. The fraction of sp³-hybridized carbons (Fsp3) is 0.653. The maximum Gasteiger partial charge on any atom is 0.329 e. The molecule has 12 nitrogen and oxygen atoms in total. The number of hydrogen-bond donors (Lipinski definition) is 1. The third-order valence-electron chi connectivity index (χ3n) is 13.2. The first-order chi connectivity index (χ1) is 29.4. The van der Waals surface area contributed by atoms with Gasteiger partial charge in [-0.1, -0.05) is 76.1 Å². The highest BCUT2D eigenvalue weighted by Crippen LogP contribution is 2.35. The summed E-state index contributed by atoms with van der Waals surface area (Å²) in [5, 5.41) is 13.9. The predicted octanol–water partition coefficient (Wildman–Crippen LogP) is 8.04. The first-order valence-corrected chi connectivity index (χ1v) is 23.0. The van der Waals surface area contributed by atoms with E-state index in [0.29, 0.717) is 49.1 Å². The van der Waals surface area contributed by atoms with Crippen LogP contribution < -0.4 is 5.06 Å². The minimum absolute atomic E-state index is 0.0618. The van der Waals surface area contributed by atoms with Gasteiger partial charge in [0.15, 0.2) is 5.78 Å². The third-order valence-corrected chi connectivity index (χ3v) is 13.6. The summed E-state index contributed by atoms with van der Waals surface area (Å²) in [5.74, 6) is -3.47. The number of nitrogens with zero attached hydrogens (tertiary/aromatic N) is 2. The van der Waals surface area contributed by atoms with E-state index < -0.39 is 60.1 Å². The Hall–Kier alpha value is -3.68. The van der Waals surface area contributed by atoms with Crippen LogP contribution in [-0.4, -0.2) is 102 Å². The zero-order chi connectivity index (χ0) is 45.4. The highest BCUT2D eigenvalue weighted by Gasteiger charge is 2.43. The first kappa shape index (κ1) is 49.3. The number of Topliss-reactive ketones (excluding diaryl/α,β-unsaturated/α-hetero) is 3. The highest BCUT2D eigenvalue weighted by molar-refractivity contribution is 6.38. The van der Waals surface area contributed by atoms with E-state index in [1.54, 1.807) is 13.0 Å². The van der Waals surface area contributed by atoms with Gasteiger partial charge in [-0.15, -0.1) is 0 Å². The van der Waals surface area contributed by atoms with Gasteiger partial charge in [0.2, 0.25) is 5.78 Å². The Labute approximate surface area is 373 Å². The second kappa shape index (κ2) is 22.3. The van der Waals surface area contributed by atoms with Gasteiger partial charge in [-0.2, -0.15) is 0 Å². The van der Waals surface area contributed by atoms with Crippen molar-refractivity contribution in [2.45, 2.75) is 168 Å². The van der Waals surface area contributed by atoms with E-state index in [1.165, 1.54) is 12.0 Å². The molecule has 2 saturated heterocycles. The molecule has 13 heteroatoms. The number of aliphatic hydroxyl groups excluding tert-OH is 1. The topological polar surface area (TPSA) is 149 Å². The van der Waals surface area contributed by atoms with E-state index in [4.69, 9.17) is 30.6 Å². The molecule has 1 N–H and O–H groups in total. The van der Waals surface area contributed by atoms with Crippen LogP contribution in [0.4, 0.5) is 5.69 Å². The molecule has 5 aliphatic rings. The summed E-state index contributed by atoms with van der Waals surface area (Å²) in [7, 11) is 1.39. The number of anilines is 1. The van der Waals surface area contributed by atoms with Crippen LogP contribution in [0.25, 0.3) is 0 Å². The van der Waals surface area contributed by atoms with Gasteiger partial charge in [0, 0.05) is 37.4 Å². The molecular formula is C49H69ClN2O10. The summed E-state index contributed by atoms with van der Waals surface area (Å²) in [6.07, 6.45) is 7.84. The summed E-state index contributed by atoms with van der Waals surface area (Å²) in [6, 6.07) is 4.55. The molecule has 0 radical (unpaired) electrons. The van der Waals surface area contributed by atoms with Crippen LogP contribution in [-0.2, 0) is 43.0 Å². The van der Waals surface area contributed by atoms with E-state index >= 15 is 0 Å². The second-order valence-electron chi connectivity index (χ2n) is 18.6. The summed E-state index contributed by atoms with van der Waals surface area (Å²) in [4.78, 5) is 77.0. The number of rotatable bonds is 3. The number of fused-ring (bicyclic) bond motifs is 16. The SMILES string of the molecule is CO[C@H]1C(=O)[C@H](C)C[C@H](C)C2C=CC(/C=C(\C)CC[C@@H]3CC[C@@H](C)[C@@H](O3)C(=O)C(=O)N3CCCC[C@H]3C(=O)O[C@H](C(C)C)CC(=O)C/C=C(\C)[C@H]1O)ON2c1ccc(Cl)c(C)c1. The molecule has 4 bridgehead atoms. The molecule has 2 unspecified atom stereocenters. The molecule has 0 aliphatic carbocycles. The Kier molecular flexibility index (Phi) is 17.7. The average Bonchev–Trinajstić information content (AvgIpc) is 3.25. The molecule has 1 amide bonds. The van der Waals surface area contributed by atoms with Crippen molar-refractivity contribution in [1.29, 1.82) is 0 Å². The zero-order valence-electron chi connectivity index (χ0n) is 38.1. The summed E-state index contributed by atoms with van der Waals surface area (Å²) in [5.41, 5.74) is 3.20. The number of esters is 1. The number of piperidine rings is 1. The van der Waals surface area contributed by atoms with Gasteiger partial charge < -0.3 is 24.2 Å². The minimum atomic E-state index is -1.29. The van der Waals surface area contributed by atoms with Crippen LogP contribution in [0.15, 0.2) is 53.6 Å². The van der Waals surface area contributed by atoms with Gasteiger partial charge in [0.05, 0.1) is 17.8 Å². The number of carbonyl (C=O) groups is 5. The molecule has 62 heavy (non-hydrogen) atoms. The number of ether oxygens (including phenoxy) is 3. The van der Waals surface area contributed by atoms with Gasteiger partial charge in [-0.25, -0.2) is 9.86 Å². The molecule has 1 aromatic rings. The van der Waals surface area contributed by atoms with E-state index in [-0.39, 0.29) is 60.9 Å². The predicted molar refractivity (Wildman–Crippen MR) is 238 cm³/mol. The van der Waals surface area contributed by atoms with Gasteiger partial charge >= 0.3 is 5.97 Å². The number of ketones is 3. The first-order valence-electron chi connectivity index (χ1n) is 22.6. The van der Waals surface area contributed by atoms with E-state index in [0.717, 1.165) is 29.7 Å². The van der Waals surface area contributed by atoms with E-state index in [9.17, 15) is 29.1 Å². The lowest BCUT2D eigenvalue weighted by molar-refractivity contribution is -0.169. The van der Waals surface area contributed by atoms with Crippen molar-refractivity contribution in [1.82, 2.24) is 4.90 Å². The minimum Gasteiger partial charge on any atom is -0.460 e. The van der Waals surface area contributed by atoms with Crippen LogP contribution in [0.3, 0.4) is 0 Å². The van der Waals surface area contributed by atoms with Crippen molar-refractivity contribution >= 4 is 46.5 Å². The molecule has 2 fully saturated rings. The molecule has 1 aromatic carbocycles. The third kappa shape index (κ3) is 12.3. The van der Waals surface area contributed by atoms with Crippen LogP contribution in [0.1, 0.15) is 118 Å². The number of methoxy groups -OCH3 is 1. The number of aliphatic hydroxyl groups is 1. The van der Waals surface area contributed by atoms with Crippen molar-refractivity contribution < 1.29 is 48.1 Å². The molecule has 0 saturated carbocycles. The van der Waals surface area contributed by atoms with Crippen molar-refractivity contribution in [3.05, 3.63) is 64.2 Å². The standard InChI is InChI=1S/C49H69ClN2O10/c1-28(2)42-27-36(53)17-14-30(4)43(54)47(59-9)44(55)34(8)25-33(7)40-22-20-38(62-52(40)35-16-21-39(50)32(6)26-35)24-29(3)13-18-37-19-15-31(5)46(60-37)45(56)48(57)51-23-11-10-12-41(51)49(58)61-42/h14,16,20-22,24,26,28,31,33-34,37-38,40-43,46-47,54H,10-13,15,17-19,23,25,27H2,1-9H3/b29-24+,30-14+/t31-,33+,34-,37-,38?,40?,41+,42+,43-,46-,47-/m1/s1. The average molecular weight is 882 g/mol. The number of hydrogen-bond acceptors (Lipinski definition) is 11. The molecule has 6 rings (SSSR count). The lowest BCUT2D eigenvalue weighted by Crippen LogP contribution is -2.55. The molecular weight excluding hydrogens is 812 g/mol. The zero-order valence-corrected chi connectivity index (χ0v) is 38.9. The number of halogens is 1. The van der Waals surface area contributed by atoms with E-state index in [1.807, 2.05) is 70.9 Å². The number of amides is 1. The monoisotopic (exact) mass is 880 g/mol. The number of allylic oxidation sites excluding steroid dienone is 2. The van der Waals surface area contributed by atoms with Crippen molar-refractivity contribution in [3.8, 4) is 0 Å². The van der Waals surface area contributed by atoms with Crippen LogP contribution in [0.5, 0.6) is 0 Å². The van der Waals surface area contributed by atoms with Crippen LogP contribution in [0.2, 0.25) is 5.02 Å². The Morgan fingerprint density at radius 1 is 0.935 bits per heavy atom. The molecule has 11 atom stereocenters. The smallest absolute Gasteiger partial charge is 0.329 e. The highest BCUT2D eigenvalue weighted by atomic mass is 35.5. The van der Waals surface area contributed by atoms with Gasteiger partial charge in [0.1, 0.15) is 42.3 Å². The normalized spacial score (nSPS) is 35.0. The molecule has 5 aliphatic heterocycles.